The van der Waals surface area contributed by atoms with Crippen LogP contribution in [-0.4, -0.2) is 88.4 Å². The maximum atomic E-state index is 13.5. The Morgan fingerprint density at radius 2 is 1.51 bits per heavy atom. The Hall–Kier alpha value is -3.57. The number of ether oxygens (including phenoxy) is 2. The van der Waals surface area contributed by atoms with E-state index in [4.69, 9.17) is 4.74 Å². The summed E-state index contributed by atoms with van der Waals surface area (Å²) in [4.78, 5) is 27.8. The van der Waals surface area contributed by atoms with Gasteiger partial charge in [0.25, 0.3) is 5.91 Å². The zero-order chi connectivity index (χ0) is 36.4. The van der Waals surface area contributed by atoms with Gasteiger partial charge in [0.15, 0.2) is 0 Å². The van der Waals surface area contributed by atoms with Crippen LogP contribution in [0.3, 0.4) is 0 Å². The van der Waals surface area contributed by atoms with E-state index in [1.165, 1.54) is 18.4 Å². The quantitative estimate of drug-likeness (QED) is 0.194. The average molecular weight is 697 g/mol. The number of aliphatic carboxylic acids is 1. The van der Waals surface area contributed by atoms with Gasteiger partial charge in [-0.05, 0) is 72.6 Å². The van der Waals surface area contributed by atoms with Gasteiger partial charge < -0.3 is 19.9 Å². The van der Waals surface area contributed by atoms with E-state index in [9.17, 15) is 23.1 Å². The third-order valence-corrected chi connectivity index (χ3v) is 9.43. The molecule has 0 bridgehead atoms. The Kier molecular flexibility index (Phi) is 18.3. The van der Waals surface area contributed by atoms with E-state index in [0.29, 0.717) is 30.3 Å². The summed E-state index contributed by atoms with van der Waals surface area (Å²) >= 11 is 0. The summed E-state index contributed by atoms with van der Waals surface area (Å²) in [5.74, 6) is -2.17. The van der Waals surface area contributed by atoms with Crippen molar-refractivity contribution in [2.45, 2.75) is 84.0 Å². The predicted octanol–water partition coefficient (Wildman–Crippen LogP) is 6.57. The van der Waals surface area contributed by atoms with Crippen molar-refractivity contribution in [1.29, 1.82) is 0 Å². The van der Waals surface area contributed by atoms with Crippen LogP contribution < -0.4 is 5.32 Å². The summed E-state index contributed by atoms with van der Waals surface area (Å²) in [5, 5.41) is 12.2. The summed E-state index contributed by atoms with van der Waals surface area (Å²) < 4.78 is 33.1. The molecule has 0 spiro atoms. The lowest BCUT2D eigenvalue weighted by atomic mass is 9.93. The molecule has 1 amide bonds. The van der Waals surface area contributed by atoms with Crippen molar-refractivity contribution in [1.82, 2.24) is 10.2 Å². The minimum Gasteiger partial charge on any atom is -0.480 e. The molecule has 4 rings (SSSR count). The molecule has 3 unspecified atom stereocenters. The van der Waals surface area contributed by atoms with E-state index < -0.39 is 27.8 Å². The van der Waals surface area contributed by atoms with Crippen molar-refractivity contribution < 1.29 is 32.6 Å². The lowest BCUT2D eigenvalue weighted by Gasteiger charge is -2.30. The maximum Gasteiger partial charge on any atom is 0.326 e. The Morgan fingerprint density at radius 1 is 0.898 bits per heavy atom. The molecule has 1 aliphatic heterocycles. The zero-order valence-electron chi connectivity index (χ0n) is 30.3. The van der Waals surface area contributed by atoms with Gasteiger partial charge in [-0.25, -0.2) is 13.2 Å². The Bertz CT molecular complexity index is 1540. The van der Waals surface area contributed by atoms with Crippen molar-refractivity contribution in [3.63, 3.8) is 0 Å². The van der Waals surface area contributed by atoms with Gasteiger partial charge in [0.05, 0.1) is 12.4 Å². The SMILES string of the molecule is CCCC.COC.COCC1CCC(Cc2ccccc2)N1Cc1ccc(C(=O)NC(CCS(C)(=O)=O)C(=O)O)c(-c2ccccc2C)c1. The van der Waals surface area contributed by atoms with Crippen LogP contribution in [0, 0.1) is 6.92 Å². The molecule has 0 aliphatic carbocycles. The lowest BCUT2D eigenvalue weighted by molar-refractivity contribution is -0.139. The smallest absolute Gasteiger partial charge is 0.326 e. The number of amides is 1. The van der Waals surface area contributed by atoms with E-state index >= 15 is 0 Å². The normalized spacial score (nSPS) is 16.5. The first-order valence-corrected chi connectivity index (χ1v) is 19.0. The lowest BCUT2D eigenvalue weighted by Crippen LogP contribution is -2.42. The minimum absolute atomic E-state index is 0.212. The maximum absolute atomic E-state index is 13.5. The van der Waals surface area contributed by atoms with Crippen LogP contribution >= 0.6 is 0 Å². The van der Waals surface area contributed by atoms with Gasteiger partial charge in [-0.2, -0.15) is 0 Å². The molecule has 270 valence electrons. The molecule has 0 aromatic heterocycles. The first kappa shape index (κ1) is 41.6. The second-order valence-corrected chi connectivity index (χ2v) is 14.8. The van der Waals surface area contributed by atoms with Crippen LogP contribution in [0.5, 0.6) is 0 Å². The second kappa shape index (κ2) is 21.5. The van der Waals surface area contributed by atoms with Gasteiger partial charge in [-0.15, -0.1) is 0 Å². The van der Waals surface area contributed by atoms with Crippen LogP contribution in [-0.2, 0) is 37.1 Å². The number of likely N-dealkylation sites (tertiary alicyclic amines) is 1. The molecular formula is C39H56N2O7S. The first-order chi connectivity index (χ1) is 23.4. The molecule has 3 aromatic rings. The molecule has 1 aliphatic rings. The summed E-state index contributed by atoms with van der Waals surface area (Å²) in [6.45, 7) is 7.65. The second-order valence-electron chi connectivity index (χ2n) is 12.6. The zero-order valence-corrected chi connectivity index (χ0v) is 31.1. The van der Waals surface area contributed by atoms with Crippen molar-refractivity contribution in [3.05, 3.63) is 95.1 Å². The van der Waals surface area contributed by atoms with Crippen LogP contribution in [0.1, 0.15) is 73.0 Å². The predicted molar refractivity (Wildman–Crippen MR) is 198 cm³/mol. The van der Waals surface area contributed by atoms with E-state index in [-0.39, 0.29) is 18.2 Å². The largest absolute Gasteiger partial charge is 0.480 e. The number of carbonyl (C=O) groups is 2. The number of hydrogen-bond donors (Lipinski definition) is 2. The van der Waals surface area contributed by atoms with Gasteiger partial charge in [-0.1, -0.05) is 87.4 Å². The highest BCUT2D eigenvalue weighted by atomic mass is 32.2. The summed E-state index contributed by atoms with van der Waals surface area (Å²) in [5.41, 5.74) is 5.24. The van der Waals surface area contributed by atoms with Gasteiger partial charge in [0, 0.05) is 51.8 Å². The molecule has 2 N–H and O–H groups in total. The summed E-state index contributed by atoms with van der Waals surface area (Å²) in [6.07, 6.45) is 6.52. The number of rotatable bonds is 14. The number of benzene rings is 3. The van der Waals surface area contributed by atoms with Crippen molar-refractivity contribution in [2.75, 3.05) is 39.9 Å². The van der Waals surface area contributed by atoms with Crippen molar-refractivity contribution in [2.24, 2.45) is 0 Å². The van der Waals surface area contributed by atoms with Crippen LogP contribution in [0.2, 0.25) is 0 Å². The van der Waals surface area contributed by atoms with Crippen molar-refractivity contribution >= 4 is 21.7 Å². The Balaban J connectivity index is 0.00000109. The van der Waals surface area contributed by atoms with Gasteiger partial charge in [-0.3, -0.25) is 9.69 Å². The average Bonchev–Trinajstić information content (AvgIpc) is 3.43. The number of aryl methyl sites for hydroxylation is 1. The topological polar surface area (TPSA) is 122 Å². The molecular weight excluding hydrogens is 641 g/mol. The fraction of sp³-hybridized carbons (Fsp3) is 0.487. The summed E-state index contributed by atoms with van der Waals surface area (Å²) in [7, 11) is 1.59. The van der Waals surface area contributed by atoms with Gasteiger partial charge in [0.2, 0.25) is 0 Å². The number of sulfone groups is 1. The number of unbranched alkanes of at least 4 members (excludes halogenated alkanes) is 1. The van der Waals surface area contributed by atoms with Gasteiger partial charge in [0.1, 0.15) is 15.9 Å². The highest BCUT2D eigenvalue weighted by molar-refractivity contribution is 7.90. The fourth-order valence-electron chi connectivity index (χ4n) is 5.77. The molecule has 1 fully saturated rings. The molecule has 49 heavy (non-hydrogen) atoms. The molecule has 9 nitrogen and oxygen atoms in total. The molecule has 10 heteroatoms. The molecule has 3 atom stereocenters. The van der Waals surface area contributed by atoms with Crippen molar-refractivity contribution in [3.8, 4) is 11.1 Å². The summed E-state index contributed by atoms with van der Waals surface area (Å²) in [6, 6.07) is 23.2. The molecule has 1 saturated heterocycles. The number of nitrogens with one attached hydrogen (secondary N) is 1. The number of hydrogen-bond acceptors (Lipinski definition) is 7. The first-order valence-electron chi connectivity index (χ1n) is 17.0. The van der Waals surface area contributed by atoms with Crippen LogP contribution in [0.25, 0.3) is 11.1 Å². The monoisotopic (exact) mass is 696 g/mol. The number of methoxy groups -OCH3 is 2. The Labute approximate surface area is 293 Å². The highest BCUT2D eigenvalue weighted by Crippen LogP contribution is 2.32. The fourth-order valence-corrected chi connectivity index (χ4v) is 6.44. The number of nitrogens with zero attached hydrogens (tertiary/aromatic N) is 1. The third kappa shape index (κ3) is 14.1. The van der Waals surface area contributed by atoms with Crippen LogP contribution in [0.15, 0.2) is 72.8 Å². The third-order valence-electron chi connectivity index (χ3n) is 8.45. The standard InChI is InChI=1S/C33H40N2O6S.C4H10.C2H6O/c1-23-9-7-8-12-28(23)30-20-25(13-16-29(30)32(36)34-31(33(37)38)17-18-42(3,39)40)21-35-26(14-15-27(35)22-41-2)19-24-10-5-4-6-11-24;1-3-4-2;1-3-2/h4-13,16,20,26-27,31H,14-15,17-19,21-22H2,1-3H3,(H,34,36)(H,37,38);3-4H2,1-2H3;1-2H3. The molecule has 0 saturated carbocycles. The molecule has 1 heterocycles. The number of carboxylic acid groups (broad SMARTS) is 1. The minimum atomic E-state index is -3.39. The van der Waals surface area contributed by atoms with Crippen LogP contribution in [0.4, 0.5) is 0 Å². The highest BCUT2D eigenvalue weighted by Gasteiger charge is 2.33. The van der Waals surface area contributed by atoms with Gasteiger partial charge >= 0.3 is 5.97 Å². The number of carbonyl (C=O) groups excluding carboxylic acids is 1. The van der Waals surface area contributed by atoms with E-state index in [0.717, 1.165) is 42.2 Å². The molecule has 3 aromatic carbocycles. The Morgan fingerprint density at radius 3 is 2.08 bits per heavy atom. The van der Waals surface area contributed by atoms with E-state index in [1.54, 1.807) is 27.4 Å². The number of carboxylic acids is 1. The molecule has 0 radical (unpaired) electrons. The van der Waals surface area contributed by atoms with E-state index in [2.05, 4.69) is 53.1 Å². The van der Waals surface area contributed by atoms with E-state index in [1.807, 2.05) is 49.4 Å².